The summed E-state index contributed by atoms with van der Waals surface area (Å²) in [4.78, 5) is 12.8. The standard InChI is InChI=1S/C18H27N6O6P/c1-3-26-15-12-14(22-17(19)23-15)24(9-21-12)16-18(2,20)13-11(28-16)8-27-31(25,30-13)29-10-6-4-5-7-10/h9-11,13,16H,3-8,20H2,1-2H3,(H2,19,22,23). The van der Waals surface area contributed by atoms with Crippen LogP contribution in [-0.2, 0) is 22.9 Å². The number of nitrogens with two attached hydrogens (primary N) is 2. The van der Waals surface area contributed by atoms with Crippen LogP contribution in [-0.4, -0.2) is 56.6 Å². The van der Waals surface area contributed by atoms with Crippen molar-refractivity contribution < 1.29 is 27.6 Å². The molecule has 2 saturated heterocycles. The van der Waals surface area contributed by atoms with Gasteiger partial charge in [-0.3, -0.25) is 18.1 Å². The van der Waals surface area contributed by atoms with Crippen molar-refractivity contribution in [1.82, 2.24) is 19.5 Å². The number of fused-ring (bicyclic) bond motifs is 2. The second-order valence-corrected chi connectivity index (χ2v) is 9.89. The third kappa shape index (κ3) is 3.61. The van der Waals surface area contributed by atoms with Crippen LogP contribution < -0.4 is 16.2 Å². The first kappa shape index (κ1) is 21.0. The molecule has 0 spiro atoms. The van der Waals surface area contributed by atoms with E-state index in [1.54, 1.807) is 17.8 Å². The van der Waals surface area contributed by atoms with Crippen LogP contribution in [0.3, 0.4) is 0 Å². The first-order valence-electron chi connectivity index (χ1n) is 10.5. The van der Waals surface area contributed by atoms with Crippen molar-refractivity contribution in [3.05, 3.63) is 6.33 Å². The van der Waals surface area contributed by atoms with Gasteiger partial charge in [0.15, 0.2) is 17.4 Å². The van der Waals surface area contributed by atoms with Crippen molar-refractivity contribution in [1.29, 1.82) is 0 Å². The number of anilines is 1. The molecule has 0 amide bonds. The van der Waals surface area contributed by atoms with Gasteiger partial charge in [0, 0.05) is 0 Å². The van der Waals surface area contributed by atoms with Crippen molar-refractivity contribution in [3.8, 4) is 5.88 Å². The number of nitrogen functional groups attached to an aromatic ring is 1. The van der Waals surface area contributed by atoms with E-state index in [9.17, 15) is 4.57 Å². The van der Waals surface area contributed by atoms with Crippen LogP contribution in [0.4, 0.5) is 5.95 Å². The quantitative estimate of drug-likeness (QED) is 0.635. The topological polar surface area (TPSA) is 159 Å². The maximum absolute atomic E-state index is 13.1. The minimum atomic E-state index is -3.74. The summed E-state index contributed by atoms with van der Waals surface area (Å²) in [7, 11) is -3.74. The number of aromatic nitrogens is 4. The Hall–Kier alpha value is -1.82. The van der Waals surface area contributed by atoms with Crippen LogP contribution in [0.1, 0.15) is 45.8 Å². The number of phosphoric ester groups is 1. The average molecular weight is 454 g/mol. The fourth-order valence-corrected chi connectivity index (χ4v) is 6.20. The number of imidazole rings is 1. The van der Waals surface area contributed by atoms with Gasteiger partial charge in [-0.15, -0.1) is 0 Å². The number of rotatable bonds is 5. The predicted molar refractivity (Wildman–Crippen MR) is 109 cm³/mol. The molecule has 2 aliphatic heterocycles. The minimum absolute atomic E-state index is 0.0425. The molecule has 3 aliphatic rings. The molecule has 0 radical (unpaired) electrons. The zero-order chi connectivity index (χ0) is 21.8. The first-order valence-corrected chi connectivity index (χ1v) is 12.0. The van der Waals surface area contributed by atoms with Crippen molar-refractivity contribution in [2.75, 3.05) is 18.9 Å². The molecule has 0 aromatic carbocycles. The SMILES string of the molecule is CCOc1nc(N)nc2c1ncn2C1OC2COP(=O)(OC3CCCC3)OC2C1(C)N. The Bertz CT molecular complexity index is 1020. The molecule has 1 aliphatic carbocycles. The van der Waals surface area contributed by atoms with Gasteiger partial charge < -0.3 is 20.9 Å². The molecule has 5 atom stereocenters. The van der Waals surface area contributed by atoms with E-state index in [0.29, 0.717) is 17.8 Å². The van der Waals surface area contributed by atoms with E-state index in [0.717, 1.165) is 25.7 Å². The smallest absolute Gasteiger partial charge is 0.475 e. The minimum Gasteiger partial charge on any atom is -0.476 e. The second kappa shape index (κ2) is 7.65. The highest BCUT2D eigenvalue weighted by atomic mass is 31.2. The second-order valence-electron chi connectivity index (χ2n) is 8.32. The van der Waals surface area contributed by atoms with Gasteiger partial charge in [0.1, 0.15) is 12.2 Å². The van der Waals surface area contributed by atoms with Crippen LogP contribution >= 0.6 is 7.82 Å². The molecule has 0 bridgehead atoms. The largest absolute Gasteiger partial charge is 0.476 e. The van der Waals surface area contributed by atoms with E-state index in [1.165, 1.54) is 0 Å². The van der Waals surface area contributed by atoms with Gasteiger partial charge in [0.25, 0.3) is 0 Å². The summed E-state index contributed by atoms with van der Waals surface area (Å²) in [5.41, 5.74) is 12.3. The highest BCUT2D eigenvalue weighted by molar-refractivity contribution is 7.48. The van der Waals surface area contributed by atoms with Gasteiger partial charge in [0.05, 0.1) is 31.2 Å². The Labute approximate surface area is 179 Å². The Kier molecular flexibility index (Phi) is 5.19. The lowest BCUT2D eigenvalue weighted by Crippen LogP contribution is -2.54. The predicted octanol–water partition coefficient (Wildman–Crippen LogP) is 1.90. The molecule has 2 aromatic rings. The van der Waals surface area contributed by atoms with Gasteiger partial charge in [-0.2, -0.15) is 9.97 Å². The molecule has 31 heavy (non-hydrogen) atoms. The van der Waals surface area contributed by atoms with Gasteiger partial charge in [-0.05, 0) is 26.7 Å². The summed E-state index contributed by atoms with van der Waals surface area (Å²) in [5, 5.41) is 0. The highest BCUT2D eigenvalue weighted by Gasteiger charge is 2.59. The lowest BCUT2D eigenvalue weighted by Gasteiger charge is -2.36. The lowest BCUT2D eigenvalue weighted by atomic mass is 9.93. The molecule has 4 N–H and O–H groups in total. The summed E-state index contributed by atoms with van der Waals surface area (Å²) >= 11 is 0. The lowest BCUT2D eigenvalue weighted by molar-refractivity contribution is -0.0745. The number of nitrogens with zero attached hydrogens (tertiary/aromatic N) is 4. The fraction of sp³-hybridized carbons (Fsp3) is 0.722. The molecule has 12 nitrogen and oxygen atoms in total. The molecule has 5 rings (SSSR count). The van der Waals surface area contributed by atoms with E-state index in [1.807, 2.05) is 6.92 Å². The molecule has 5 unspecified atom stereocenters. The van der Waals surface area contributed by atoms with E-state index in [-0.39, 0.29) is 24.5 Å². The van der Waals surface area contributed by atoms with E-state index in [2.05, 4.69) is 15.0 Å². The maximum atomic E-state index is 13.1. The first-order chi connectivity index (χ1) is 14.8. The number of ether oxygens (including phenoxy) is 2. The molecule has 1 saturated carbocycles. The molecule has 3 fully saturated rings. The Balaban J connectivity index is 1.44. The zero-order valence-corrected chi connectivity index (χ0v) is 18.4. The summed E-state index contributed by atoms with van der Waals surface area (Å²) in [5.74, 6) is 0.327. The Morgan fingerprint density at radius 3 is 2.87 bits per heavy atom. The Morgan fingerprint density at radius 2 is 2.13 bits per heavy atom. The van der Waals surface area contributed by atoms with Crippen molar-refractivity contribution >= 4 is 24.9 Å². The fourth-order valence-electron chi connectivity index (χ4n) is 4.48. The Morgan fingerprint density at radius 1 is 1.35 bits per heavy atom. The molecule has 4 heterocycles. The van der Waals surface area contributed by atoms with Gasteiger partial charge >= 0.3 is 7.82 Å². The van der Waals surface area contributed by atoms with Crippen LogP contribution in [0.2, 0.25) is 0 Å². The third-order valence-corrected chi connectivity index (χ3v) is 7.45. The van der Waals surface area contributed by atoms with Crippen LogP contribution in [0, 0.1) is 0 Å². The number of hydrogen-bond acceptors (Lipinski definition) is 11. The summed E-state index contributed by atoms with van der Waals surface area (Å²) in [6.07, 6.45) is 3.22. The van der Waals surface area contributed by atoms with Crippen LogP contribution in [0.25, 0.3) is 11.2 Å². The van der Waals surface area contributed by atoms with E-state index < -0.39 is 31.8 Å². The monoisotopic (exact) mass is 454 g/mol. The highest BCUT2D eigenvalue weighted by Crippen LogP contribution is 2.59. The number of phosphoric acid groups is 1. The maximum Gasteiger partial charge on any atom is 0.475 e. The summed E-state index contributed by atoms with van der Waals surface area (Å²) in [6.45, 7) is 4.06. The van der Waals surface area contributed by atoms with E-state index in [4.69, 9.17) is 34.5 Å². The molecular weight excluding hydrogens is 427 g/mol. The van der Waals surface area contributed by atoms with Crippen molar-refractivity contribution in [2.45, 2.75) is 69.6 Å². The van der Waals surface area contributed by atoms with Crippen LogP contribution in [0.5, 0.6) is 5.88 Å². The van der Waals surface area contributed by atoms with Gasteiger partial charge in [-0.1, -0.05) is 12.8 Å². The molecule has 170 valence electrons. The number of hydrogen-bond donors (Lipinski definition) is 2. The summed E-state index contributed by atoms with van der Waals surface area (Å²) < 4.78 is 43.6. The van der Waals surface area contributed by atoms with Crippen LogP contribution in [0.15, 0.2) is 6.33 Å². The zero-order valence-electron chi connectivity index (χ0n) is 17.5. The van der Waals surface area contributed by atoms with Gasteiger partial charge in [0.2, 0.25) is 11.8 Å². The summed E-state index contributed by atoms with van der Waals surface area (Å²) in [6, 6.07) is 0. The van der Waals surface area contributed by atoms with Gasteiger partial charge in [-0.25, -0.2) is 9.55 Å². The molecule has 13 heteroatoms. The molecular formula is C18H27N6O6P. The van der Waals surface area contributed by atoms with E-state index >= 15 is 0 Å². The molecule has 2 aromatic heterocycles. The van der Waals surface area contributed by atoms with Crippen molar-refractivity contribution in [3.63, 3.8) is 0 Å². The normalized spacial score (nSPS) is 36.2. The average Bonchev–Trinajstić information content (AvgIpc) is 3.41. The van der Waals surface area contributed by atoms with Crippen molar-refractivity contribution in [2.24, 2.45) is 5.73 Å². The third-order valence-electron chi connectivity index (χ3n) is 5.95.